The Morgan fingerprint density at radius 1 is 1.50 bits per heavy atom. The molecule has 4 nitrogen and oxygen atoms in total. The van der Waals surface area contributed by atoms with Crippen LogP contribution in [0, 0.1) is 0 Å². The quantitative estimate of drug-likeness (QED) is 0.516. The first-order chi connectivity index (χ1) is 6.70. The normalized spacial score (nSPS) is 13.5. The maximum Gasteiger partial charge on any atom is 0.0900 e. The monoisotopic (exact) mass is 204 g/mol. The second-order valence-electron chi connectivity index (χ2n) is 3.53. The molecule has 0 fully saturated rings. The molecule has 0 bridgehead atoms. The fourth-order valence-electron chi connectivity index (χ4n) is 1.28. The smallest absolute Gasteiger partial charge is 0.0900 e. The molecule has 0 heterocycles. The van der Waals surface area contributed by atoms with Crippen molar-refractivity contribution in [2.24, 2.45) is 0 Å². The Morgan fingerprint density at radius 2 is 2.21 bits per heavy atom. The third-order valence-electron chi connectivity index (χ3n) is 2.00. The zero-order chi connectivity index (χ0) is 10.8. The molecule has 0 amide bonds. The summed E-state index contributed by atoms with van der Waals surface area (Å²) in [6.45, 7) is 5.75. The lowest BCUT2D eigenvalue weighted by Crippen LogP contribution is -2.33. The maximum absolute atomic E-state index is 9.52. The van der Waals surface area contributed by atoms with E-state index in [9.17, 15) is 5.11 Å². The molecule has 2 N–H and O–H groups in total. The highest BCUT2D eigenvalue weighted by molar-refractivity contribution is 4.60. The highest BCUT2D eigenvalue weighted by Gasteiger charge is 2.07. The van der Waals surface area contributed by atoms with Crippen LogP contribution >= 0.6 is 0 Å². The first-order valence-corrected chi connectivity index (χ1v) is 5.29. The maximum atomic E-state index is 9.52. The third-order valence-corrected chi connectivity index (χ3v) is 2.00. The van der Waals surface area contributed by atoms with Crippen LogP contribution in [0.25, 0.3) is 0 Å². The average Bonchev–Trinajstić information content (AvgIpc) is 2.15. The number of rotatable bonds is 9. The fraction of sp³-hybridized carbons (Fsp3) is 1.00. The van der Waals surface area contributed by atoms with E-state index in [1.54, 1.807) is 0 Å². The predicted octanol–water partition coefficient (Wildman–Crippen LogP) is -0.0749. The van der Waals surface area contributed by atoms with Crippen LogP contribution < -0.4 is 5.32 Å². The molecule has 0 aromatic carbocycles. The van der Waals surface area contributed by atoms with Gasteiger partial charge in [-0.15, -0.1) is 0 Å². The molecule has 0 radical (unpaired) electrons. The van der Waals surface area contributed by atoms with E-state index in [1.807, 2.05) is 21.0 Å². The highest BCUT2D eigenvalue weighted by atomic mass is 16.5. The highest BCUT2D eigenvalue weighted by Crippen LogP contribution is 1.92. The van der Waals surface area contributed by atoms with Crippen LogP contribution in [-0.4, -0.2) is 63.1 Å². The van der Waals surface area contributed by atoms with Crippen molar-refractivity contribution in [3.8, 4) is 0 Å². The van der Waals surface area contributed by atoms with Crippen LogP contribution in [0.5, 0.6) is 0 Å². The van der Waals surface area contributed by atoms with Crippen LogP contribution in [0.3, 0.4) is 0 Å². The topological polar surface area (TPSA) is 44.7 Å². The molecule has 86 valence electrons. The van der Waals surface area contributed by atoms with Gasteiger partial charge in [-0.2, -0.15) is 0 Å². The van der Waals surface area contributed by atoms with Crippen LogP contribution in [0.4, 0.5) is 0 Å². The number of nitrogens with one attached hydrogen (secondary N) is 1. The van der Waals surface area contributed by atoms with Crippen molar-refractivity contribution in [3.63, 3.8) is 0 Å². The standard InChI is InChI=1S/C10H24N2O2/c1-4-14-9-10(13)8-12(3)7-5-6-11-2/h10-11,13H,4-9H2,1-3H3. The van der Waals surface area contributed by atoms with Crippen LogP contribution in [0.15, 0.2) is 0 Å². The summed E-state index contributed by atoms with van der Waals surface area (Å²) < 4.78 is 5.13. The fourth-order valence-corrected chi connectivity index (χ4v) is 1.28. The molecule has 0 saturated carbocycles. The first-order valence-electron chi connectivity index (χ1n) is 5.29. The van der Waals surface area contributed by atoms with Gasteiger partial charge in [0.15, 0.2) is 0 Å². The van der Waals surface area contributed by atoms with Crippen LogP contribution in [0.1, 0.15) is 13.3 Å². The molecule has 0 saturated heterocycles. The van der Waals surface area contributed by atoms with Crippen molar-refractivity contribution in [2.45, 2.75) is 19.4 Å². The second kappa shape index (κ2) is 9.40. The molecule has 0 aromatic heterocycles. The summed E-state index contributed by atoms with van der Waals surface area (Å²) in [5.41, 5.74) is 0. The zero-order valence-corrected chi connectivity index (χ0v) is 9.62. The minimum Gasteiger partial charge on any atom is -0.389 e. The van der Waals surface area contributed by atoms with E-state index in [4.69, 9.17) is 4.74 Å². The average molecular weight is 204 g/mol. The molecular formula is C10H24N2O2. The summed E-state index contributed by atoms with van der Waals surface area (Å²) in [5, 5.41) is 12.6. The Balaban J connectivity index is 3.35. The molecule has 4 heteroatoms. The Bertz CT molecular complexity index is 123. The molecule has 0 aliphatic rings. The van der Waals surface area contributed by atoms with Crippen molar-refractivity contribution in [3.05, 3.63) is 0 Å². The largest absolute Gasteiger partial charge is 0.389 e. The molecule has 14 heavy (non-hydrogen) atoms. The molecule has 0 aromatic rings. The Kier molecular flexibility index (Phi) is 9.29. The summed E-state index contributed by atoms with van der Waals surface area (Å²) in [7, 11) is 3.97. The van der Waals surface area contributed by atoms with E-state index in [1.165, 1.54) is 0 Å². The second-order valence-corrected chi connectivity index (χ2v) is 3.53. The van der Waals surface area contributed by atoms with Gasteiger partial charge in [0.05, 0.1) is 12.7 Å². The SMILES string of the molecule is CCOCC(O)CN(C)CCCNC. The number of hydrogen-bond donors (Lipinski definition) is 2. The van der Waals surface area contributed by atoms with Crippen molar-refractivity contribution in [1.29, 1.82) is 0 Å². The van der Waals surface area contributed by atoms with Gasteiger partial charge in [0.25, 0.3) is 0 Å². The van der Waals surface area contributed by atoms with Crippen LogP contribution in [0.2, 0.25) is 0 Å². The van der Waals surface area contributed by atoms with Crippen molar-refractivity contribution < 1.29 is 9.84 Å². The van der Waals surface area contributed by atoms with Gasteiger partial charge >= 0.3 is 0 Å². The number of aliphatic hydroxyl groups excluding tert-OH is 1. The predicted molar refractivity (Wildman–Crippen MR) is 58.5 cm³/mol. The minimum atomic E-state index is -0.366. The van der Waals surface area contributed by atoms with E-state index in [2.05, 4.69) is 10.2 Å². The molecule has 0 rings (SSSR count). The summed E-state index contributed by atoms with van der Waals surface area (Å²) >= 11 is 0. The molecule has 1 atom stereocenters. The Hall–Kier alpha value is -0.160. The molecule has 0 spiro atoms. The molecule has 0 aliphatic carbocycles. The van der Waals surface area contributed by atoms with E-state index in [-0.39, 0.29) is 6.10 Å². The lowest BCUT2D eigenvalue weighted by Gasteiger charge is -2.20. The van der Waals surface area contributed by atoms with Gasteiger partial charge in [-0.1, -0.05) is 0 Å². The third kappa shape index (κ3) is 8.44. The van der Waals surface area contributed by atoms with Crippen molar-refractivity contribution >= 4 is 0 Å². The number of aliphatic hydroxyl groups is 1. The van der Waals surface area contributed by atoms with E-state index < -0.39 is 0 Å². The van der Waals surface area contributed by atoms with Crippen LogP contribution in [-0.2, 0) is 4.74 Å². The molecule has 1 unspecified atom stereocenters. The van der Waals surface area contributed by atoms with E-state index in [0.29, 0.717) is 19.8 Å². The van der Waals surface area contributed by atoms with Gasteiger partial charge in [0, 0.05) is 13.2 Å². The lowest BCUT2D eigenvalue weighted by atomic mass is 10.3. The lowest BCUT2D eigenvalue weighted by molar-refractivity contribution is 0.0255. The first kappa shape index (κ1) is 13.8. The summed E-state index contributed by atoms with van der Waals surface area (Å²) in [5.74, 6) is 0. The van der Waals surface area contributed by atoms with Gasteiger partial charge in [-0.3, -0.25) is 0 Å². The minimum absolute atomic E-state index is 0.366. The summed E-state index contributed by atoms with van der Waals surface area (Å²) in [4.78, 5) is 2.13. The van der Waals surface area contributed by atoms with Gasteiger partial charge in [0.2, 0.25) is 0 Å². The Labute approximate surface area is 87.2 Å². The molecular weight excluding hydrogens is 180 g/mol. The van der Waals surface area contributed by atoms with Gasteiger partial charge in [-0.05, 0) is 40.5 Å². The summed E-state index contributed by atoms with van der Waals surface area (Å²) in [6.07, 6.45) is 0.739. The number of hydrogen-bond acceptors (Lipinski definition) is 4. The Morgan fingerprint density at radius 3 is 2.79 bits per heavy atom. The zero-order valence-electron chi connectivity index (χ0n) is 9.62. The van der Waals surface area contributed by atoms with Gasteiger partial charge in [0.1, 0.15) is 0 Å². The number of ether oxygens (including phenoxy) is 1. The van der Waals surface area contributed by atoms with Gasteiger partial charge < -0.3 is 20.1 Å². The summed E-state index contributed by atoms with van der Waals surface area (Å²) in [6, 6.07) is 0. The number of likely N-dealkylation sites (N-methyl/N-ethyl adjacent to an activating group) is 1. The van der Waals surface area contributed by atoms with E-state index >= 15 is 0 Å². The number of nitrogens with zero attached hydrogens (tertiary/aromatic N) is 1. The van der Waals surface area contributed by atoms with Crippen molar-refractivity contribution in [2.75, 3.05) is 46.9 Å². The molecule has 0 aliphatic heterocycles. The van der Waals surface area contributed by atoms with Gasteiger partial charge in [-0.25, -0.2) is 0 Å². The van der Waals surface area contributed by atoms with Crippen molar-refractivity contribution in [1.82, 2.24) is 10.2 Å². The van der Waals surface area contributed by atoms with E-state index in [0.717, 1.165) is 19.5 Å².